The van der Waals surface area contributed by atoms with Crippen LogP contribution in [0.1, 0.15) is 23.2 Å². The number of rotatable bonds is 2. The molecule has 1 aliphatic rings. The lowest BCUT2D eigenvalue weighted by atomic mass is 10.1. The van der Waals surface area contributed by atoms with Gasteiger partial charge in [0.15, 0.2) is 11.6 Å². The molecule has 0 spiro atoms. The minimum atomic E-state index is -1.16. The van der Waals surface area contributed by atoms with Crippen LogP contribution < -0.4 is 5.73 Å². The molecule has 0 aliphatic carbocycles. The molecule has 1 atom stereocenters. The van der Waals surface area contributed by atoms with Crippen LogP contribution in [-0.2, 0) is 9.53 Å². The van der Waals surface area contributed by atoms with Crippen LogP contribution in [0.2, 0.25) is 0 Å². The maximum Gasteiger partial charge on any atom is 0.328 e. The highest BCUT2D eigenvalue weighted by atomic mass is 19.2. The fourth-order valence-electron chi connectivity index (χ4n) is 2.29. The normalized spacial score (nSPS) is 18.1. The number of nitrogen functional groups attached to an aromatic ring is 1. The first-order chi connectivity index (χ1) is 9.45. The number of hydrogen-bond donors (Lipinski definition) is 1. The largest absolute Gasteiger partial charge is 0.467 e. The molecule has 20 heavy (non-hydrogen) atoms. The summed E-state index contributed by atoms with van der Waals surface area (Å²) in [5.74, 6) is -3.41. The van der Waals surface area contributed by atoms with Crippen molar-refractivity contribution in [3.63, 3.8) is 0 Å². The van der Waals surface area contributed by atoms with Gasteiger partial charge in [-0.2, -0.15) is 0 Å². The summed E-state index contributed by atoms with van der Waals surface area (Å²) in [6, 6.07) is 0.797. The summed E-state index contributed by atoms with van der Waals surface area (Å²) in [6.07, 6.45) is 1.11. The van der Waals surface area contributed by atoms with Gasteiger partial charge in [0, 0.05) is 18.3 Å². The highest BCUT2D eigenvalue weighted by Gasteiger charge is 2.36. The first-order valence-corrected chi connectivity index (χ1v) is 6.09. The first-order valence-electron chi connectivity index (χ1n) is 6.09. The van der Waals surface area contributed by atoms with Crippen LogP contribution >= 0.6 is 0 Å². The number of nitrogens with two attached hydrogens (primary N) is 1. The SMILES string of the molecule is COC(=O)C1CCCN1C(=O)c1cc(F)c(F)cc1N. The molecule has 0 saturated carbocycles. The Balaban J connectivity index is 2.31. The topological polar surface area (TPSA) is 72.6 Å². The minimum absolute atomic E-state index is 0.153. The predicted octanol–water partition coefficient (Wildman–Crippen LogP) is 1.32. The summed E-state index contributed by atoms with van der Waals surface area (Å²) in [7, 11) is 1.23. The Hall–Kier alpha value is -2.18. The Morgan fingerprint density at radius 1 is 1.35 bits per heavy atom. The van der Waals surface area contributed by atoms with E-state index in [0.29, 0.717) is 19.4 Å². The van der Waals surface area contributed by atoms with E-state index >= 15 is 0 Å². The van der Waals surface area contributed by atoms with Gasteiger partial charge in [-0.05, 0) is 18.9 Å². The zero-order valence-corrected chi connectivity index (χ0v) is 10.9. The van der Waals surface area contributed by atoms with Gasteiger partial charge in [-0.15, -0.1) is 0 Å². The fourth-order valence-corrected chi connectivity index (χ4v) is 2.29. The number of esters is 1. The number of anilines is 1. The minimum Gasteiger partial charge on any atom is -0.467 e. The van der Waals surface area contributed by atoms with Crippen molar-refractivity contribution in [3.05, 3.63) is 29.3 Å². The molecule has 5 nitrogen and oxygen atoms in total. The molecule has 2 N–H and O–H groups in total. The number of halogens is 2. The third-order valence-corrected chi connectivity index (χ3v) is 3.31. The number of amides is 1. The maximum absolute atomic E-state index is 13.2. The Morgan fingerprint density at radius 2 is 2.00 bits per heavy atom. The van der Waals surface area contributed by atoms with E-state index in [1.807, 2.05) is 0 Å². The standard InChI is InChI=1S/C13H14F2N2O3/c1-20-13(19)11-3-2-4-17(11)12(18)7-5-8(14)9(15)6-10(7)16/h5-6,11H,2-4,16H2,1H3. The molecule has 0 bridgehead atoms. The first kappa shape index (κ1) is 14.2. The summed E-state index contributed by atoms with van der Waals surface area (Å²) in [5.41, 5.74) is 5.23. The number of nitrogens with zero attached hydrogens (tertiary/aromatic N) is 1. The van der Waals surface area contributed by atoms with Gasteiger partial charge in [0.05, 0.1) is 12.7 Å². The van der Waals surface area contributed by atoms with E-state index < -0.39 is 29.6 Å². The summed E-state index contributed by atoms with van der Waals surface area (Å²) in [5, 5.41) is 0. The van der Waals surface area contributed by atoms with Crippen molar-refractivity contribution in [1.82, 2.24) is 4.90 Å². The molecule has 1 heterocycles. The number of hydrogen-bond acceptors (Lipinski definition) is 4. The molecule has 1 aromatic rings. The van der Waals surface area contributed by atoms with Crippen LogP contribution in [0.25, 0.3) is 0 Å². The Labute approximate surface area is 114 Å². The average molecular weight is 284 g/mol. The molecule has 1 amide bonds. The molecule has 0 aromatic heterocycles. The van der Waals surface area contributed by atoms with Crippen molar-refractivity contribution in [2.45, 2.75) is 18.9 Å². The zero-order valence-electron chi connectivity index (χ0n) is 10.9. The molecular weight excluding hydrogens is 270 g/mol. The number of methoxy groups -OCH3 is 1. The van der Waals surface area contributed by atoms with Gasteiger partial charge in [-0.25, -0.2) is 13.6 Å². The molecule has 1 fully saturated rings. The quantitative estimate of drug-likeness (QED) is 0.657. The van der Waals surface area contributed by atoms with E-state index in [1.54, 1.807) is 0 Å². The Bertz CT molecular complexity index is 563. The van der Waals surface area contributed by atoms with Crippen molar-refractivity contribution < 1.29 is 23.1 Å². The summed E-state index contributed by atoms with van der Waals surface area (Å²) >= 11 is 0. The van der Waals surface area contributed by atoms with E-state index in [2.05, 4.69) is 4.74 Å². The molecule has 0 radical (unpaired) electrons. The third-order valence-electron chi connectivity index (χ3n) is 3.31. The van der Waals surface area contributed by atoms with Crippen LogP contribution in [0.5, 0.6) is 0 Å². The molecular formula is C13H14F2N2O3. The molecule has 1 aromatic carbocycles. The van der Waals surface area contributed by atoms with E-state index in [1.165, 1.54) is 12.0 Å². The molecule has 7 heteroatoms. The van der Waals surface area contributed by atoms with Gasteiger partial charge in [0.25, 0.3) is 5.91 Å². The Kier molecular flexibility index (Phi) is 3.87. The van der Waals surface area contributed by atoms with Gasteiger partial charge >= 0.3 is 5.97 Å². The highest BCUT2D eigenvalue weighted by Crippen LogP contribution is 2.25. The van der Waals surface area contributed by atoms with Crippen molar-refractivity contribution in [2.24, 2.45) is 0 Å². The molecule has 108 valence electrons. The van der Waals surface area contributed by atoms with Gasteiger partial charge in [0.2, 0.25) is 0 Å². The Morgan fingerprint density at radius 3 is 2.65 bits per heavy atom. The fraction of sp³-hybridized carbons (Fsp3) is 0.385. The second kappa shape index (κ2) is 5.44. The van der Waals surface area contributed by atoms with Gasteiger partial charge in [-0.3, -0.25) is 4.79 Å². The van der Waals surface area contributed by atoms with E-state index in [0.717, 1.165) is 12.1 Å². The van der Waals surface area contributed by atoms with Crippen molar-refractivity contribution in [3.8, 4) is 0 Å². The number of benzene rings is 1. The van der Waals surface area contributed by atoms with Gasteiger partial charge in [0.1, 0.15) is 6.04 Å². The van der Waals surface area contributed by atoms with Crippen LogP contribution in [0, 0.1) is 11.6 Å². The van der Waals surface area contributed by atoms with E-state index in [-0.39, 0.29) is 11.3 Å². The third kappa shape index (κ3) is 2.43. The summed E-state index contributed by atoms with van der Waals surface area (Å²) < 4.78 is 30.9. The smallest absolute Gasteiger partial charge is 0.328 e. The second-order valence-corrected chi connectivity index (χ2v) is 4.53. The van der Waals surface area contributed by atoms with Crippen LogP contribution in [0.3, 0.4) is 0 Å². The van der Waals surface area contributed by atoms with E-state index in [4.69, 9.17) is 5.73 Å². The van der Waals surface area contributed by atoms with E-state index in [9.17, 15) is 18.4 Å². The highest BCUT2D eigenvalue weighted by molar-refractivity contribution is 6.01. The second-order valence-electron chi connectivity index (χ2n) is 4.53. The monoisotopic (exact) mass is 284 g/mol. The number of carbonyl (C=O) groups is 2. The molecule has 1 unspecified atom stereocenters. The van der Waals surface area contributed by atoms with Crippen molar-refractivity contribution >= 4 is 17.6 Å². The van der Waals surface area contributed by atoms with Gasteiger partial charge < -0.3 is 15.4 Å². The van der Waals surface area contributed by atoms with Crippen LogP contribution in [0.15, 0.2) is 12.1 Å². The summed E-state index contributed by atoms with van der Waals surface area (Å²) in [6.45, 7) is 0.344. The number of carbonyl (C=O) groups excluding carboxylic acids is 2. The lowest BCUT2D eigenvalue weighted by molar-refractivity contribution is -0.145. The maximum atomic E-state index is 13.2. The predicted molar refractivity (Wildman–Crippen MR) is 66.8 cm³/mol. The molecule has 2 rings (SSSR count). The van der Waals surface area contributed by atoms with Crippen LogP contribution in [0.4, 0.5) is 14.5 Å². The summed E-state index contributed by atoms with van der Waals surface area (Å²) in [4.78, 5) is 25.2. The van der Waals surface area contributed by atoms with Crippen molar-refractivity contribution in [2.75, 3.05) is 19.4 Å². The number of likely N-dealkylation sites (tertiary alicyclic amines) is 1. The number of ether oxygens (including phenoxy) is 1. The molecule has 1 aliphatic heterocycles. The lowest BCUT2D eigenvalue weighted by Gasteiger charge is -2.23. The van der Waals surface area contributed by atoms with Crippen molar-refractivity contribution in [1.29, 1.82) is 0 Å². The average Bonchev–Trinajstić information content (AvgIpc) is 2.90. The lowest BCUT2D eigenvalue weighted by Crippen LogP contribution is -2.41. The molecule has 1 saturated heterocycles. The van der Waals surface area contributed by atoms with Gasteiger partial charge in [-0.1, -0.05) is 0 Å². The zero-order chi connectivity index (χ0) is 14.9. The van der Waals surface area contributed by atoms with Crippen LogP contribution in [-0.4, -0.2) is 36.5 Å².